The average molecular weight is 549 g/mol. The SMILES string of the molecule is C[n+]1ccsc1[C@H]1OC(C)(C)O[C@@H]1[C@@H]1COC(C)(C)N1C(=O)OC(C)(C)C.O=S(=O)([O-])C(F)(F)F. The Morgan fingerprint density at radius 3 is 2.20 bits per heavy atom. The molecule has 3 atom stereocenters. The topological polar surface area (TPSA) is 118 Å². The van der Waals surface area contributed by atoms with Crippen LogP contribution in [0.15, 0.2) is 11.6 Å². The normalized spacial score (nSPS) is 26.3. The fraction of sp³-hybridized carbons (Fsp3) is 0.800. The van der Waals surface area contributed by atoms with E-state index in [1.165, 1.54) is 0 Å². The number of carbonyl (C=O) groups is 1. The highest BCUT2D eigenvalue weighted by Gasteiger charge is 2.57. The Morgan fingerprint density at radius 2 is 1.77 bits per heavy atom. The molecule has 2 fully saturated rings. The van der Waals surface area contributed by atoms with Gasteiger partial charge in [-0.05, 0) is 48.5 Å². The van der Waals surface area contributed by atoms with Gasteiger partial charge in [0.1, 0.15) is 24.5 Å². The molecule has 2 aliphatic rings. The third-order valence-electron chi connectivity index (χ3n) is 4.97. The monoisotopic (exact) mass is 548 g/mol. The van der Waals surface area contributed by atoms with E-state index in [2.05, 4.69) is 0 Å². The number of carbonyl (C=O) groups excluding carboxylic acids is 1. The van der Waals surface area contributed by atoms with E-state index in [0.29, 0.717) is 6.61 Å². The number of halogens is 3. The lowest BCUT2D eigenvalue weighted by atomic mass is 10.0. The third-order valence-corrected chi connectivity index (χ3v) is 6.55. The minimum absolute atomic E-state index is 0.294. The van der Waals surface area contributed by atoms with Crippen LogP contribution in [0.25, 0.3) is 0 Å². The van der Waals surface area contributed by atoms with Gasteiger partial charge in [-0.2, -0.15) is 17.7 Å². The predicted octanol–water partition coefficient (Wildman–Crippen LogP) is 3.19. The molecule has 2 aliphatic heterocycles. The number of ether oxygens (including phenoxy) is 4. The van der Waals surface area contributed by atoms with Crippen LogP contribution < -0.4 is 4.57 Å². The summed E-state index contributed by atoms with van der Waals surface area (Å²) in [5.41, 5.74) is -7.02. The summed E-state index contributed by atoms with van der Waals surface area (Å²) in [5.74, 6) is -0.751. The number of alkyl halides is 3. The van der Waals surface area contributed by atoms with E-state index in [1.807, 2.05) is 71.7 Å². The molecule has 0 unspecified atom stereocenters. The number of aryl methyl sites for hydroxylation is 1. The molecule has 0 radical (unpaired) electrons. The van der Waals surface area contributed by atoms with Gasteiger partial charge in [-0.25, -0.2) is 13.2 Å². The highest BCUT2D eigenvalue weighted by atomic mass is 32.2. The maximum Gasteiger partial charge on any atom is 0.485 e. The standard InChI is InChI=1S/C19H31N2O5S.CHF3O3S/c1-17(2,3)26-16(22)21-12(11-23-18(21,4)5)13-14(25-19(6,7)24-13)15-20(8)9-10-27-15;2-1(3,4)8(5,6)7/h9-10,12-14H,11H2,1-8H3;(H,5,6,7)/q+1;/p-1/t12-,13+,14-;/m0./s1. The number of thiazole rings is 1. The van der Waals surface area contributed by atoms with Gasteiger partial charge in [0.2, 0.25) is 0 Å². The molecule has 1 aromatic heterocycles. The van der Waals surface area contributed by atoms with Crippen LogP contribution in [0.1, 0.15) is 59.6 Å². The molecular weight excluding hydrogens is 517 g/mol. The van der Waals surface area contributed by atoms with E-state index >= 15 is 0 Å². The summed E-state index contributed by atoms with van der Waals surface area (Å²) in [6, 6.07) is -0.316. The van der Waals surface area contributed by atoms with Crippen molar-refractivity contribution in [1.82, 2.24) is 4.90 Å². The van der Waals surface area contributed by atoms with E-state index in [-0.39, 0.29) is 18.2 Å². The first kappa shape index (κ1) is 29.7. The number of hydrogen-bond acceptors (Lipinski definition) is 9. The van der Waals surface area contributed by atoms with Crippen molar-refractivity contribution >= 4 is 27.5 Å². The molecule has 15 heteroatoms. The molecule has 3 rings (SSSR count). The number of hydrogen-bond donors (Lipinski definition) is 0. The smallest absolute Gasteiger partial charge is 0.485 e. The molecular formula is C20H31F3N2O8S2. The van der Waals surface area contributed by atoms with E-state index in [4.69, 9.17) is 31.9 Å². The highest BCUT2D eigenvalue weighted by Crippen LogP contribution is 2.44. The summed E-state index contributed by atoms with van der Waals surface area (Å²) in [7, 11) is -4.11. The Bertz CT molecular complexity index is 1020. The minimum Gasteiger partial charge on any atom is -0.741 e. The van der Waals surface area contributed by atoms with Crippen LogP contribution >= 0.6 is 11.3 Å². The average Bonchev–Trinajstić information content (AvgIpc) is 3.26. The lowest BCUT2D eigenvalue weighted by molar-refractivity contribution is -0.677. The lowest BCUT2D eigenvalue weighted by Gasteiger charge is -2.37. The largest absolute Gasteiger partial charge is 0.741 e. The molecule has 35 heavy (non-hydrogen) atoms. The van der Waals surface area contributed by atoms with Crippen molar-refractivity contribution in [1.29, 1.82) is 0 Å². The Balaban J connectivity index is 0.000000466. The molecule has 0 aromatic carbocycles. The van der Waals surface area contributed by atoms with Gasteiger partial charge in [-0.15, -0.1) is 0 Å². The van der Waals surface area contributed by atoms with Crippen molar-refractivity contribution in [2.24, 2.45) is 7.05 Å². The van der Waals surface area contributed by atoms with Gasteiger partial charge in [0.05, 0.1) is 18.0 Å². The molecule has 202 valence electrons. The Morgan fingerprint density at radius 1 is 1.23 bits per heavy atom. The predicted molar refractivity (Wildman–Crippen MR) is 116 cm³/mol. The van der Waals surface area contributed by atoms with Gasteiger partial charge >= 0.3 is 11.6 Å². The van der Waals surface area contributed by atoms with Gasteiger partial charge in [-0.3, -0.25) is 4.90 Å². The summed E-state index contributed by atoms with van der Waals surface area (Å²) >= 11 is 1.61. The molecule has 3 heterocycles. The van der Waals surface area contributed by atoms with Gasteiger partial charge in [0.15, 0.2) is 28.2 Å². The van der Waals surface area contributed by atoms with Crippen LogP contribution in [0.5, 0.6) is 0 Å². The first-order valence-electron chi connectivity index (χ1n) is 10.5. The third kappa shape index (κ3) is 7.26. The fourth-order valence-electron chi connectivity index (χ4n) is 3.62. The van der Waals surface area contributed by atoms with E-state index in [1.54, 1.807) is 16.2 Å². The van der Waals surface area contributed by atoms with Gasteiger partial charge in [0, 0.05) is 0 Å². The zero-order valence-electron chi connectivity index (χ0n) is 20.7. The minimum atomic E-state index is -6.09. The fourth-order valence-corrected chi connectivity index (χ4v) is 4.54. The van der Waals surface area contributed by atoms with E-state index in [0.717, 1.165) is 5.01 Å². The number of amides is 1. The molecule has 10 nitrogen and oxygen atoms in total. The van der Waals surface area contributed by atoms with Crippen LogP contribution in [0.4, 0.5) is 18.0 Å². The first-order valence-corrected chi connectivity index (χ1v) is 12.8. The summed E-state index contributed by atoms with van der Waals surface area (Å²) in [6.45, 7) is 13.5. The second-order valence-electron chi connectivity index (χ2n) is 9.95. The zero-order valence-corrected chi connectivity index (χ0v) is 22.3. The van der Waals surface area contributed by atoms with Crippen LogP contribution in [0, 0.1) is 0 Å². The van der Waals surface area contributed by atoms with Gasteiger partial charge in [-0.1, -0.05) is 11.3 Å². The molecule has 0 aliphatic carbocycles. The zero-order chi connectivity index (χ0) is 27.2. The highest BCUT2D eigenvalue weighted by molar-refractivity contribution is 7.86. The Kier molecular flexibility index (Phi) is 8.27. The van der Waals surface area contributed by atoms with Crippen molar-refractivity contribution in [3.63, 3.8) is 0 Å². The van der Waals surface area contributed by atoms with Crippen LogP contribution in [0.2, 0.25) is 0 Å². The number of nitrogens with zero attached hydrogens (tertiary/aromatic N) is 2. The summed E-state index contributed by atoms with van der Waals surface area (Å²) < 4.78 is 85.1. The number of aromatic nitrogens is 1. The van der Waals surface area contributed by atoms with Gasteiger partial charge < -0.3 is 23.5 Å². The second-order valence-corrected chi connectivity index (χ2v) is 12.2. The lowest BCUT2D eigenvalue weighted by Crippen LogP contribution is -2.54. The molecule has 1 amide bonds. The second kappa shape index (κ2) is 9.74. The van der Waals surface area contributed by atoms with Crippen molar-refractivity contribution in [2.75, 3.05) is 6.61 Å². The molecule has 0 N–H and O–H groups in total. The molecule has 0 spiro atoms. The van der Waals surface area contributed by atoms with Crippen LogP contribution in [-0.4, -0.2) is 65.3 Å². The van der Waals surface area contributed by atoms with Gasteiger partial charge in [0.25, 0.3) is 5.01 Å². The molecule has 2 saturated heterocycles. The Hall–Kier alpha value is -1.52. The van der Waals surface area contributed by atoms with Crippen molar-refractivity contribution in [3.8, 4) is 0 Å². The van der Waals surface area contributed by atoms with E-state index in [9.17, 15) is 18.0 Å². The molecule has 0 bridgehead atoms. The summed E-state index contributed by atoms with van der Waals surface area (Å²) in [5, 5.41) is 3.06. The maximum absolute atomic E-state index is 13.0. The summed E-state index contributed by atoms with van der Waals surface area (Å²) in [6.07, 6.45) is 0.932. The van der Waals surface area contributed by atoms with Crippen molar-refractivity contribution < 1.29 is 54.5 Å². The number of rotatable bonds is 2. The quantitative estimate of drug-likeness (QED) is 0.314. The van der Waals surface area contributed by atoms with Crippen molar-refractivity contribution in [2.45, 2.75) is 89.3 Å². The first-order chi connectivity index (χ1) is 15.6. The molecule has 0 saturated carbocycles. The van der Waals surface area contributed by atoms with Crippen LogP contribution in [0.3, 0.4) is 0 Å². The van der Waals surface area contributed by atoms with Crippen LogP contribution in [-0.2, 0) is 36.1 Å². The molecule has 1 aromatic rings. The van der Waals surface area contributed by atoms with Crippen molar-refractivity contribution in [3.05, 3.63) is 16.6 Å². The maximum atomic E-state index is 13.0. The van der Waals surface area contributed by atoms with E-state index < -0.39 is 38.8 Å². The summed E-state index contributed by atoms with van der Waals surface area (Å²) in [4.78, 5) is 14.7. The Labute approximate surface area is 206 Å².